The minimum absolute atomic E-state index is 0.149. The number of phenols is 1. The van der Waals surface area contributed by atoms with Gasteiger partial charge in [-0.15, -0.1) is 0 Å². The molecule has 0 aliphatic rings. The van der Waals surface area contributed by atoms with Crippen molar-refractivity contribution in [3.63, 3.8) is 0 Å². The minimum Gasteiger partial charge on any atom is -0.507 e. The van der Waals surface area contributed by atoms with Crippen molar-refractivity contribution in [2.75, 3.05) is 0 Å². The first-order chi connectivity index (χ1) is 10.8. The molecule has 0 aliphatic carbocycles. The number of benzene rings is 3. The summed E-state index contributed by atoms with van der Waals surface area (Å²) >= 11 is 0. The Morgan fingerprint density at radius 3 is 2.50 bits per heavy atom. The zero-order chi connectivity index (χ0) is 15.4. The van der Waals surface area contributed by atoms with Gasteiger partial charge in [-0.25, -0.2) is 5.43 Å². The molecule has 4 nitrogen and oxygen atoms in total. The van der Waals surface area contributed by atoms with E-state index in [9.17, 15) is 9.90 Å². The number of amides is 1. The number of rotatable bonds is 3. The molecule has 0 atom stereocenters. The summed E-state index contributed by atoms with van der Waals surface area (Å²) in [5.74, 6) is -0.145. The first kappa shape index (κ1) is 13.8. The lowest BCUT2D eigenvalue weighted by atomic mass is 10.1. The first-order valence-electron chi connectivity index (χ1n) is 6.85. The van der Waals surface area contributed by atoms with Crippen LogP contribution >= 0.6 is 0 Å². The van der Waals surface area contributed by atoms with Gasteiger partial charge >= 0.3 is 0 Å². The van der Waals surface area contributed by atoms with Crippen LogP contribution in [-0.4, -0.2) is 17.2 Å². The predicted octanol–water partition coefficient (Wildman–Crippen LogP) is 3.31. The average molecular weight is 290 g/mol. The zero-order valence-electron chi connectivity index (χ0n) is 11.7. The molecule has 2 N–H and O–H groups in total. The number of hydrogen-bond donors (Lipinski definition) is 2. The number of hydrogen-bond acceptors (Lipinski definition) is 3. The Bertz CT molecular complexity index is 842. The van der Waals surface area contributed by atoms with Crippen molar-refractivity contribution in [2.45, 2.75) is 0 Å². The maximum Gasteiger partial charge on any atom is 0.271 e. The molecule has 0 aliphatic heterocycles. The summed E-state index contributed by atoms with van der Waals surface area (Å²) < 4.78 is 0. The lowest BCUT2D eigenvalue weighted by molar-refractivity contribution is 0.0955. The molecule has 3 aromatic carbocycles. The van der Waals surface area contributed by atoms with Gasteiger partial charge in [-0.1, -0.05) is 48.5 Å². The molecule has 3 rings (SSSR count). The first-order valence-corrected chi connectivity index (χ1v) is 6.85. The van der Waals surface area contributed by atoms with Gasteiger partial charge in [0.25, 0.3) is 5.91 Å². The van der Waals surface area contributed by atoms with Crippen molar-refractivity contribution in [3.05, 3.63) is 77.9 Å². The molecular formula is C18H14N2O2. The smallest absolute Gasteiger partial charge is 0.271 e. The van der Waals surface area contributed by atoms with Crippen LogP contribution in [0, 0.1) is 0 Å². The topological polar surface area (TPSA) is 61.7 Å². The van der Waals surface area contributed by atoms with E-state index < -0.39 is 0 Å². The number of nitrogens with zero attached hydrogens (tertiary/aromatic N) is 1. The van der Waals surface area contributed by atoms with E-state index in [1.165, 1.54) is 6.21 Å². The highest BCUT2D eigenvalue weighted by molar-refractivity contribution is 5.98. The number of carbonyl (C=O) groups excluding carboxylic acids is 1. The van der Waals surface area contributed by atoms with Crippen molar-refractivity contribution < 1.29 is 9.90 Å². The number of hydrazone groups is 1. The van der Waals surface area contributed by atoms with Gasteiger partial charge in [0.15, 0.2) is 0 Å². The Hall–Kier alpha value is -3.14. The molecule has 22 heavy (non-hydrogen) atoms. The third-order valence-corrected chi connectivity index (χ3v) is 3.34. The Balaban J connectivity index is 1.78. The van der Waals surface area contributed by atoms with Gasteiger partial charge in [0.05, 0.1) is 6.21 Å². The molecule has 0 fully saturated rings. The number of phenolic OH excluding ortho intramolecular Hbond substituents is 1. The molecule has 0 bridgehead atoms. The van der Waals surface area contributed by atoms with Gasteiger partial charge in [0.1, 0.15) is 5.75 Å². The molecule has 0 spiro atoms. The fourth-order valence-corrected chi connectivity index (χ4v) is 2.19. The van der Waals surface area contributed by atoms with E-state index in [0.29, 0.717) is 11.1 Å². The third-order valence-electron chi connectivity index (χ3n) is 3.34. The average Bonchev–Trinajstić information content (AvgIpc) is 2.58. The quantitative estimate of drug-likeness (QED) is 0.574. The van der Waals surface area contributed by atoms with Gasteiger partial charge in [-0.2, -0.15) is 5.10 Å². The van der Waals surface area contributed by atoms with E-state index in [4.69, 9.17) is 0 Å². The summed E-state index contributed by atoms with van der Waals surface area (Å²) in [6, 6.07) is 20.0. The zero-order valence-corrected chi connectivity index (χ0v) is 11.7. The summed E-state index contributed by atoms with van der Waals surface area (Å²) in [4.78, 5) is 11.8. The van der Waals surface area contributed by atoms with E-state index in [1.54, 1.807) is 30.3 Å². The van der Waals surface area contributed by atoms with E-state index in [-0.39, 0.29) is 11.7 Å². The number of fused-ring (bicyclic) bond motifs is 1. The SMILES string of the molecule is O=C(N/N=C/c1ccc2ccccc2c1O)c1ccccc1. The van der Waals surface area contributed by atoms with Crippen LogP contribution in [0.15, 0.2) is 71.8 Å². The van der Waals surface area contributed by atoms with Gasteiger partial charge in [-0.3, -0.25) is 4.79 Å². The normalized spacial score (nSPS) is 10.9. The minimum atomic E-state index is -0.294. The molecule has 0 heterocycles. The molecule has 0 saturated heterocycles. The largest absolute Gasteiger partial charge is 0.507 e. The van der Waals surface area contributed by atoms with Gasteiger partial charge in [0.2, 0.25) is 0 Å². The van der Waals surface area contributed by atoms with E-state index in [0.717, 1.165) is 10.8 Å². The molecule has 0 radical (unpaired) electrons. The molecule has 0 saturated carbocycles. The van der Waals surface area contributed by atoms with E-state index in [2.05, 4.69) is 10.5 Å². The van der Waals surface area contributed by atoms with Crippen molar-refractivity contribution in [2.24, 2.45) is 5.10 Å². The van der Waals surface area contributed by atoms with Crippen LogP contribution in [0.3, 0.4) is 0 Å². The molecule has 0 aromatic heterocycles. The Kier molecular flexibility index (Phi) is 3.83. The second-order valence-corrected chi connectivity index (χ2v) is 4.79. The van der Waals surface area contributed by atoms with Crippen LogP contribution in [0.1, 0.15) is 15.9 Å². The Labute approximate surface area is 127 Å². The highest BCUT2D eigenvalue weighted by atomic mass is 16.3. The molecule has 3 aromatic rings. The van der Waals surface area contributed by atoms with E-state index >= 15 is 0 Å². The fourth-order valence-electron chi connectivity index (χ4n) is 2.19. The molecular weight excluding hydrogens is 276 g/mol. The highest BCUT2D eigenvalue weighted by Gasteiger charge is 2.05. The standard InChI is InChI=1S/C18H14N2O2/c21-17-15(11-10-13-6-4-5-9-16(13)17)12-19-20-18(22)14-7-2-1-3-8-14/h1-12,21H,(H,20,22)/b19-12+. The third kappa shape index (κ3) is 2.81. The van der Waals surface area contributed by atoms with Crippen LogP contribution in [0.5, 0.6) is 5.75 Å². The van der Waals surface area contributed by atoms with Gasteiger partial charge in [-0.05, 0) is 23.6 Å². The van der Waals surface area contributed by atoms with Crippen molar-refractivity contribution in [1.82, 2.24) is 5.43 Å². The van der Waals surface area contributed by atoms with Crippen LogP contribution in [-0.2, 0) is 0 Å². The molecule has 108 valence electrons. The summed E-state index contributed by atoms with van der Waals surface area (Å²) in [6.45, 7) is 0. The van der Waals surface area contributed by atoms with Crippen LogP contribution < -0.4 is 5.43 Å². The predicted molar refractivity (Wildman–Crippen MR) is 87.1 cm³/mol. The second kappa shape index (κ2) is 6.10. The van der Waals surface area contributed by atoms with Gasteiger partial charge in [0, 0.05) is 16.5 Å². The molecule has 4 heteroatoms. The fraction of sp³-hybridized carbons (Fsp3) is 0. The molecule has 1 amide bonds. The number of carbonyl (C=O) groups is 1. The number of nitrogens with one attached hydrogen (secondary N) is 1. The van der Waals surface area contributed by atoms with Crippen molar-refractivity contribution >= 4 is 22.9 Å². The van der Waals surface area contributed by atoms with Crippen molar-refractivity contribution in [3.8, 4) is 5.75 Å². The maximum atomic E-state index is 11.8. The summed E-state index contributed by atoms with van der Waals surface area (Å²) in [7, 11) is 0. The summed E-state index contributed by atoms with van der Waals surface area (Å²) in [6.07, 6.45) is 1.43. The Morgan fingerprint density at radius 1 is 0.955 bits per heavy atom. The van der Waals surface area contributed by atoms with Crippen LogP contribution in [0.25, 0.3) is 10.8 Å². The lowest BCUT2D eigenvalue weighted by Gasteiger charge is -2.04. The highest BCUT2D eigenvalue weighted by Crippen LogP contribution is 2.27. The van der Waals surface area contributed by atoms with E-state index in [1.807, 2.05) is 36.4 Å². The van der Waals surface area contributed by atoms with Crippen LogP contribution in [0.4, 0.5) is 0 Å². The number of aromatic hydroxyl groups is 1. The Morgan fingerprint density at radius 2 is 1.68 bits per heavy atom. The summed E-state index contributed by atoms with van der Waals surface area (Å²) in [5, 5.41) is 15.8. The monoisotopic (exact) mass is 290 g/mol. The van der Waals surface area contributed by atoms with Gasteiger partial charge < -0.3 is 5.11 Å². The maximum absolute atomic E-state index is 11.8. The summed E-state index contributed by atoms with van der Waals surface area (Å²) in [5.41, 5.74) is 3.52. The second-order valence-electron chi connectivity index (χ2n) is 4.79. The molecule has 0 unspecified atom stereocenters. The van der Waals surface area contributed by atoms with Crippen molar-refractivity contribution in [1.29, 1.82) is 0 Å². The lowest BCUT2D eigenvalue weighted by Crippen LogP contribution is -2.17. The van der Waals surface area contributed by atoms with Crippen LogP contribution in [0.2, 0.25) is 0 Å².